The van der Waals surface area contributed by atoms with Gasteiger partial charge < -0.3 is 14.8 Å². The molecule has 25 heavy (non-hydrogen) atoms. The Balaban J connectivity index is 1.93. The SMILES string of the molecule is CC(C)(OC(=O)CC(=O)Oc1c(I)cc(I)cc1I)C1CC[NH2+]CC1. The number of carbonyl (C=O) groups is 2. The Hall–Kier alpha value is 0.310. The molecule has 0 amide bonds. The van der Waals surface area contributed by atoms with Gasteiger partial charge in [0.25, 0.3) is 0 Å². The van der Waals surface area contributed by atoms with Crippen molar-refractivity contribution in [3.63, 3.8) is 0 Å². The molecular formula is C17H21I3NO4+. The predicted octanol–water partition coefficient (Wildman–Crippen LogP) is 3.09. The number of piperidine rings is 1. The lowest BCUT2D eigenvalue weighted by atomic mass is 9.83. The first-order valence-corrected chi connectivity index (χ1v) is 11.3. The molecule has 2 rings (SSSR count). The first-order chi connectivity index (χ1) is 11.7. The lowest BCUT2D eigenvalue weighted by Crippen LogP contribution is -2.86. The number of halogens is 3. The third-order valence-corrected chi connectivity index (χ3v) is 6.49. The molecule has 2 N–H and O–H groups in total. The highest BCUT2D eigenvalue weighted by Gasteiger charge is 2.35. The molecule has 1 aromatic rings. The summed E-state index contributed by atoms with van der Waals surface area (Å²) >= 11 is 6.46. The van der Waals surface area contributed by atoms with E-state index < -0.39 is 17.5 Å². The highest BCUT2D eigenvalue weighted by molar-refractivity contribution is 14.1. The van der Waals surface area contributed by atoms with Gasteiger partial charge in [-0.1, -0.05) is 0 Å². The molecule has 1 aromatic carbocycles. The Morgan fingerprint density at radius 2 is 1.68 bits per heavy atom. The van der Waals surface area contributed by atoms with Gasteiger partial charge in [-0.25, -0.2) is 0 Å². The van der Waals surface area contributed by atoms with Gasteiger partial charge in [0.2, 0.25) is 0 Å². The minimum absolute atomic E-state index is 0.329. The molecular weight excluding hydrogens is 663 g/mol. The van der Waals surface area contributed by atoms with Crippen LogP contribution in [0, 0.1) is 16.6 Å². The summed E-state index contributed by atoms with van der Waals surface area (Å²) in [4.78, 5) is 24.3. The smallest absolute Gasteiger partial charge is 0.322 e. The Kier molecular flexibility index (Phi) is 8.20. The molecule has 1 heterocycles. The molecule has 0 saturated carbocycles. The van der Waals surface area contributed by atoms with Crippen molar-refractivity contribution in [3.05, 3.63) is 22.8 Å². The Labute approximate surface area is 188 Å². The maximum atomic E-state index is 12.2. The molecule has 0 spiro atoms. The van der Waals surface area contributed by atoms with Gasteiger partial charge in [0.05, 0.1) is 20.2 Å². The van der Waals surface area contributed by atoms with Crippen LogP contribution in [0.1, 0.15) is 33.1 Å². The van der Waals surface area contributed by atoms with Crippen molar-refractivity contribution in [2.45, 2.75) is 38.7 Å². The average molecular weight is 684 g/mol. The predicted molar refractivity (Wildman–Crippen MR) is 119 cm³/mol. The first kappa shape index (κ1) is 21.6. The van der Waals surface area contributed by atoms with E-state index in [1.165, 1.54) is 0 Å². The largest absolute Gasteiger partial charge is 0.459 e. The van der Waals surface area contributed by atoms with Crippen molar-refractivity contribution in [2.75, 3.05) is 13.1 Å². The van der Waals surface area contributed by atoms with Crippen LogP contribution >= 0.6 is 67.8 Å². The van der Waals surface area contributed by atoms with Gasteiger partial charge in [-0.2, -0.15) is 0 Å². The second-order valence-corrected chi connectivity index (χ2v) is 10.1. The van der Waals surface area contributed by atoms with Gasteiger partial charge in [0.15, 0.2) is 5.75 Å². The maximum absolute atomic E-state index is 12.2. The molecule has 1 aliphatic heterocycles. The highest BCUT2D eigenvalue weighted by atomic mass is 127. The van der Waals surface area contributed by atoms with E-state index in [0.29, 0.717) is 11.7 Å². The molecule has 0 unspecified atom stereocenters. The van der Waals surface area contributed by atoms with Crippen molar-refractivity contribution in [3.8, 4) is 5.75 Å². The molecule has 0 aliphatic carbocycles. The summed E-state index contributed by atoms with van der Waals surface area (Å²) < 4.78 is 13.8. The first-order valence-electron chi connectivity index (χ1n) is 8.08. The van der Waals surface area contributed by atoms with E-state index in [9.17, 15) is 9.59 Å². The Morgan fingerprint density at radius 3 is 2.24 bits per heavy atom. The number of nitrogens with two attached hydrogens (primary N) is 1. The van der Waals surface area contributed by atoms with Crippen molar-refractivity contribution in [1.82, 2.24) is 0 Å². The fraction of sp³-hybridized carbons (Fsp3) is 0.529. The number of hydrogen-bond donors (Lipinski definition) is 1. The molecule has 5 nitrogen and oxygen atoms in total. The van der Waals surface area contributed by atoms with E-state index in [1.807, 2.05) is 26.0 Å². The van der Waals surface area contributed by atoms with E-state index in [-0.39, 0.29) is 6.42 Å². The summed E-state index contributed by atoms with van der Waals surface area (Å²) in [7, 11) is 0. The fourth-order valence-electron chi connectivity index (χ4n) is 2.93. The molecule has 0 radical (unpaired) electrons. The summed E-state index contributed by atoms with van der Waals surface area (Å²) in [6, 6.07) is 3.85. The topological polar surface area (TPSA) is 69.2 Å². The molecule has 0 bridgehead atoms. The van der Waals surface area contributed by atoms with Crippen LogP contribution in [0.25, 0.3) is 0 Å². The van der Waals surface area contributed by atoms with Crippen molar-refractivity contribution >= 4 is 79.7 Å². The Bertz CT molecular complexity index is 634. The lowest BCUT2D eigenvalue weighted by molar-refractivity contribution is -0.665. The van der Waals surface area contributed by atoms with Crippen LogP contribution in [-0.4, -0.2) is 30.6 Å². The zero-order valence-corrected chi connectivity index (χ0v) is 20.6. The summed E-state index contributed by atoms with van der Waals surface area (Å²) in [5.74, 6) is -0.285. The van der Waals surface area contributed by atoms with Gasteiger partial charge in [0, 0.05) is 22.3 Å². The number of benzene rings is 1. The van der Waals surface area contributed by atoms with Crippen molar-refractivity contribution in [1.29, 1.82) is 0 Å². The molecule has 1 fully saturated rings. The van der Waals surface area contributed by atoms with Gasteiger partial charge in [-0.15, -0.1) is 0 Å². The van der Waals surface area contributed by atoms with Gasteiger partial charge in [-0.05, 0) is 93.8 Å². The van der Waals surface area contributed by atoms with E-state index in [0.717, 1.165) is 36.6 Å². The van der Waals surface area contributed by atoms with Gasteiger partial charge in [-0.3, -0.25) is 9.59 Å². The van der Waals surface area contributed by atoms with Crippen LogP contribution in [0.4, 0.5) is 0 Å². The second kappa shape index (κ2) is 9.49. The number of ether oxygens (including phenoxy) is 2. The minimum Gasteiger partial charge on any atom is -0.459 e. The Morgan fingerprint density at radius 1 is 1.12 bits per heavy atom. The van der Waals surface area contributed by atoms with Crippen molar-refractivity contribution < 1.29 is 24.4 Å². The van der Waals surface area contributed by atoms with Gasteiger partial charge in [0.1, 0.15) is 12.0 Å². The van der Waals surface area contributed by atoms with E-state index in [2.05, 4.69) is 73.1 Å². The number of hydrogen-bond acceptors (Lipinski definition) is 4. The quantitative estimate of drug-likeness (QED) is 0.224. The summed E-state index contributed by atoms with van der Waals surface area (Å²) in [5, 5.41) is 2.27. The normalized spacial score (nSPS) is 15.7. The zero-order chi connectivity index (χ0) is 18.6. The summed E-state index contributed by atoms with van der Waals surface area (Å²) in [6.07, 6.45) is 1.66. The fourth-order valence-corrected chi connectivity index (χ4v) is 6.73. The number of rotatable bonds is 5. The molecule has 8 heteroatoms. The van der Waals surface area contributed by atoms with Crippen molar-refractivity contribution in [2.24, 2.45) is 5.92 Å². The number of quaternary nitrogens is 1. The molecule has 0 aromatic heterocycles. The van der Waals surface area contributed by atoms with Crippen LogP contribution in [0.3, 0.4) is 0 Å². The maximum Gasteiger partial charge on any atom is 0.322 e. The number of esters is 2. The molecule has 1 aliphatic rings. The minimum atomic E-state index is -0.588. The highest BCUT2D eigenvalue weighted by Crippen LogP contribution is 2.31. The van der Waals surface area contributed by atoms with E-state index >= 15 is 0 Å². The van der Waals surface area contributed by atoms with E-state index in [1.54, 1.807) is 0 Å². The van der Waals surface area contributed by atoms with Gasteiger partial charge >= 0.3 is 11.9 Å². The van der Waals surface area contributed by atoms with Crippen LogP contribution in [0.15, 0.2) is 12.1 Å². The third kappa shape index (κ3) is 6.45. The van der Waals surface area contributed by atoms with E-state index in [4.69, 9.17) is 9.47 Å². The zero-order valence-electron chi connectivity index (χ0n) is 14.1. The van der Waals surface area contributed by atoms with Crippen LogP contribution in [-0.2, 0) is 14.3 Å². The standard InChI is InChI=1S/C17H20I3NO4/c1-17(2,10-3-5-21-6-4-10)25-15(23)9-14(22)24-16-12(19)7-11(18)8-13(16)20/h7-8,10,21H,3-6,9H2,1-2H3/p+1. The summed E-state index contributed by atoms with van der Waals surface area (Å²) in [6.45, 7) is 5.96. The monoisotopic (exact) mass is 684 g/mol. The van der Waals surface area contributed by atoms with Crippen LogP contribution in [0.5, 0.6) is 5.75 Å². The molecule has 138 valence electrons. The second-order valence-electron chi connectivity index (χ2n) is 6.57. The average Bonchev–Trinajstić information content (AvgIpc) is 2.51. The number of carbonyl (C=O) groups excluding carboxylic acids is 2. The molecule has 0 atom stereocenters. The summed E-state index contributed by atoms with van der Waals surface area (Å²) in [5.41, 5.74) is -0.558. The third-order valence-electron chi connectivity index (χ3n) is 4.27. The molecule has 1 saturated heterocycles. The van der Waals surface area contributed by atoms with Crippen LogP contribution in [0.2, 0.25) is 0 Å². The lowest BCUT2D eigenvalue weighted by Gasteiger charge is -2.35. The van der Waals surface area contributed by atoms with Crippen LogP contribution < -0.4 is 10.1 Å².